The predicted molar refractivity (Wildman–Crippen MR) is 106 cm³/mol. The van der Waals surface area contributed by atoms with Crippen molar-refractivity contribution in [3.63, 3.8) is 0 Å². The van der Waals surface area contributed by atoms with E-state index in [2.05, 4.69) is 28.7 Å². The fraction of sp³-hybridized carbons (Fsp3) is 1.00. The van der Waals surface area contributed by atoms with E-state index in [9.17, 15) is 0 Å². The zero-order valence-corrected chi connectivity index (χ0v) is 16.9. The summed E-state index contributed by atoms with van der Waals surface area (Å²) in [5, 5.41) is 0. The summed E-state index contributed by atoms with van der Waals surface area (Å²) >= 11 is 0. The first kappa shape index (κ1) is 18.3. The molecule has 0 aromatic heterocycles. The van der Waals surface area contributed by atoms with Gasteiger partial charge >= 0.3 is 0 Å². The molecule has 0 radical (unpaired) electrons. The molecule has 2 heterocycles. The van der Waals surface area contributed by atoms with E-state index < -0.39 is 0 Å². The molecule has 25 heavy (non-hydrogen) atoms. The molecule has 4 aliphatic rings. The molecule has 2 saturated carbocycles. The molecule has 2 aliphatic carbocycles. The van der Waals surface area contributed by atoms with E-state index in [-0.39, 0.29) is 0 Å². The normalized spacial score (nSPS) is 33.1. The lowest BCUT2D eigenvalue weighted by Crippen LogP contribution is -2.46. The third kappa shape index (κ3) is 4.42. The molecule has 1 atom stereocenters. The van der Waals surface area contributed by atoms with E-state index in [0.717, 1.165) is 16.7 Å². The average molecular weight is 348 g/mol. The molecule has 144 valence electrons. The molecule has 1 spiro atoms. The highest BCUT2D eigenvalue weighted by Crippen LogP contribution is 2.52. The largest absolute Gasteiger partial charge is 0.304 e. The Kier molecular flexibility index (Phi) is 5.46. The van der Waals surface area contributed by atoms with Crippen LogP contribution in [0, 0.1) is 16.7 Å². The lowest BCUT2D eigenvalue weighted by molar-refractivity contribution is 0.0822. The third-order valence-electron chi connectivity index (χ3n) is 8.13. The van der Waals surface area contributed by atoms with Crippen molar-refractivity contribution in [3.05, 3.63) is 0 Å². The lowest BCUT2D eigenvalue weighted by atomic mass is 9.76. The van der Waals surface area contributed by atoms with Crippen LogP contribution < -0.4 is 0 Å². The Morgan fingerprint density at radius 2 is 1.56 bits per heavy atom. The van der Waals surface area contributed by atoms with Crippen LogP contribution >= 0.6 is 0 Å². The fourth-order valence-corrected chi connectivity index (χ4v) is 6.19. The summed E-state index contributed by atoms with van der Waals surface area (Å²) < 4.78 is 0. The highest BCUT2D eigenvalue weighted by atomic mass is 15.2. The minimum Gasteiger partial charge on any atom is -0.304 e. The molecule has 4 rings (SSSR count). The average Bonchev–Trinajstić information content (AvgIpc) is 3.25. The molecule has 1 unspecified atom stereocenters. The van der Waals surface area contributed by atoms with E-state index in [1.165, 1.54) is 110 Å². The maximum absolute atomic E-state index is 2.84. The van der Waals surface area contributed by atoms with Crippen LogP contribution in [0.4, 0.5) is 0 Å². The number of rotatable bonds is 6. The van der Waals surface area contributed by atoms with Crippen LogP contribution in [0.25, 0.3) is 0 Å². The van der Waals surface area contributed by atoms with E-state index in [1.807, 2.05) is 0 Å². The Labute approximate surface area is 156 Å². The number of likely N-dealkylation sites (tertiary alicyclic amines) is 1. The zero-order chi connectivity index (χ0) is 17.3. The number of piperazine rings is 1. The van der Waals surface area contributed by atoms with Crippen molar-refractivity contribution in [2.24, 2.45) is 16.7 Å². The first-order valence-corrected chi connectivity index (χ1v) is 11.2. The van der Waals surface area contributed by atoms with Crippen molar-refractivity contribution < 1.29 is 0 Å². The van der Waals surface area contributed by atoms with Gasteiger partial charge in [0.25, 0.3) is 0 Å². The molecule has 0 amide bonds. The lowest BCUT2D eigenvalue weighted by Gasteiger charge is -2.41. The van der Waals surface area contributed by atoms with Gasteiger partial charge in [0.05, 0.1) is 0 Å². The molecule has 0 N–H and O–H groups in total. The van der Waals surface area contributed by atoms with Gasteiger partial charge in [-0.2, -0.15) is 0 Å². The standard InChI is InChI=1S/C22H41N3/c1-3-5-22(7-8-22)19-25-11-9-21(10-12-25)6-4-20(17-21)18-24-15-13-23(2)14-16-24/h20H,3-19H2,1-2H3. The summed E-state index contributed by atoms with van der Waals surface area (Å²) in [6.45, 7) is 13.1. The summed E-state index contributed by atoms with van der Waals surface area (Å²) in [6.07, 6.45) is 13.4. The highest BCUT2D eigenvalue weighted by molar-refractivity contribution is 4.98. The molecule has 3 nitrogen and oxygen atoms in total. The second-order valence-corrected chi connectivity index (χ2v) is 10.2. The van der Waals surface area contributed by atoms with Crippen LogP contribution in [0.2, 0.25) is 0 Å². The van der Waals surface area contributed by atoms with Gasteiger partial charge in [-0.05, 0) is 88.3 Å². The van der Waals surface area contributed by atoms with E-state index in [4.69, 9.17) is 0 Å². The Morgan fingerprint density at radius 1 is 0.840 bits per heavy atom. The van der Waals surface area contributed by atoms with Gasteiger partial charge < -0.3 is 14.7 Å². The summed E-state index contributed by atoms with van der Waals surface area (Å²) in [6, 6.07) is 0. The number of hydrogen-bond donors (Lipinski definition) is 0. The van der Waals surface area contributed by atoms with Gasteiger partial charge in [0.15, 0.2) is 0 Å². The van der Waals surface area contributed by atoms with Crippen molar-refractivity contribution in [1.82, 2.24) is 14.7 Å². The fourth-order valence-electron chi connectivity index (χ4n) is 6.19. The summed E-state index contributed by atoms with van der Waals surface area (Å²) in [4.78, 5) is 8.07. The van der Waals surface area contributed by atoms with Crippen LogP contribution in [0.3, 0.4) is 0 Å². The Hall–Kier alpha value is -0.120. The number of hydrogen-bond acceptors (Lipinski definition) is 3. The predicted octanol–water partition coefficient (Wildman–Crippen LogP) is 3.70. The molecular weight excluding hydrogens is 306 g/mol. The van der Waals surface area contributed by atoms with Gasteiger partial charge in [0.1, 0.15) is 0 Å². The molecular formula is C22H41N3. The number of likely N-dealkylation sites (N-methyl/N-ethyl adjacent to an activating group) is 1. The van der Waals surface area contributed by atoms with Crippen LogP contribution in [-0.2, 0) is 0 Å². The summed E-state index contributed by atoms with van der Waals surface area (Å²) in [5.41, 5.74) is 1.48. The number of piperidine rings is 1. The van der Waals surface area contributed by atoms with Crippen molar-refractivity contribution in [3.8, 4) is 0 Å². The maximum atomic E-state index is 2.84. The minimum absolute atomic E-state index is 0.731. The second kappa shape index (κ2) is 7.48. The van der Waals surface area contributed by atoms with E-state index in [0.29, 0.717) is 0 Å². The third-order valence-corrected chi connectivity index (χ3v) is 8.13. The van der Waals surface area contributed by atoms with Crippen molar-refractivity contribution in [1.29, 1.82) is 0 Å². The van der Waals surface area contributed by atoms with Gasteiger partial charge in [0.2, 0.25) is 0 Å². The molecule has 3 heteroatoms. The summed E-state index contributed by atoms with van der Waals surface area (Å²) in [7, 11) is 2.27. The number of nitrogens with zero attached hydrogens (tertiary/aromatic N) is 3. The van der Waals surface area contributed by atoms with Gasteiger partial charge in [-0.3, -0.25) is 0 Å². The topological polar surface area (TPSA) is 9.72 Å². The Bertz CT molecular complexity index is 429. The molecule has 0 aromatic rings. The maximum Gasteiger partial charge on any atom is 0.0110 e. The quantitative estimate of drug-likeness (QED) is 0.725. The Morgan fingerprint density at radius 3 is 2.20 bits per heavy atom. The first-order chi connectivity index (χ1) is 12.1. The first-order valence-electron chi connectivity index (χ1n) is 11.2. The zero-order valence-electron chi connectivity index (χ0n) is 16.9. The van der Waals surface area contributed by atoms with E-state index >= 15 is 0 Å². The van der Waals surface area contributed by atoms with Gasteiger partial charge in [-0.25, -0.2) is 0 Å². The van der Waals surface area contributed by atoms with Crippen LogP contribution in [0.1, 0.15) is 64.7 Å². The van der Waals surface area contributed by atoms with Crippen LogP contribution in [-0.4, -0.2) is 74.1 Å². The molecule has 4 fully saturated rings. The monoisotopic (exact) mass is 347 g/mol. The molecule has 2 aliphatic heterocycles. The van der Waals surface area contributed by atoms with Crippen LogP contribution in [0.5, 0.6) is 0 Å². The van der Waals surface area contributed by atoms with Crippen LogP contribution in [0.15, 0.2) is 0 Å². The minimum atomic E-state index is 0.731. The highest BCUT2D eigenvalue weighted by Gasteiger charge is 2.46. The van der Waals surface area contributed by atoms with Crippen molar-refractivity contribution >= 4 is 0 Å². The molecule has 0 bridgehead atoms. The SMILES string of the molecule is CCCC1(CN2CCC3(CCC(CN4CCN(C)CC4)C3)CC2)CC1. The molecule has 0 aromatic carbocycles. The van der Waals surface area contributed by atoms with Crippen molar-refractivity contribution in [2.75, 3.05) is 59.4 Å². The van der Waals surface area contributed by atoms with Crippen molar-refractivity contribution in [2.45, 2.75) is 64.7 Å². The van der Waals surface area contributed by atoms with Gasteiger partial charge in [-0.15, -0.1) is 0 Å². The van der Waals surface area contributed by atoms with E-state index in [1.54, 1.807) is 0 Å². The molecule has 2 saturated heterocycles. The smallest absolute Gasteiger partial charge is 0.0110 e. The summed E-state index contributed by atoms with van der Waals surface area (Å²) in [5.74, 6) is 0.991. The van der Waals surface area contributed by atoms with Gasteiger partial charge in [-0.1, -0.05) is 13.3 Å². The Balaban J connectivity index is 1.21. The second-order valence-electron chi connectivity index (χ2n) is 10.2. The van der Waals surface area contributed by atoms with Gasteiger partial charge in [0, 0.05) is 39.3 Å².